The Morgan fingerprint density at radius 2 is 1.82 bits per heavy atom. The fourth-order valence-corrected chi connectivity index (χ4v) is 3.19. The summed E-state index contributed by atoms with van der Waals surface area (Å²) in [5, 5.41) is 11.7. The summed E-state index contributed by atoms with van der Waals surface area (Å²) >= 11 is 0. The zero-order valence-electron chi connectivity index (χ0n) is 16.5. The highest BCUT2D eigenvalue weighted by atomic mass is 16.5. The molecule has 2 unspecified atom stereocenters. The first-order chi connectivity index (χ1) is 13.4. The first kappa shape index (κ1) is 21.3. The van der Waals surface area contributed by atoms with Crippen molar-refractivity contribution in [2.75, 3.05) is 32.8 Å². The summed E-state index contributed by atoms with van der Waals surface area (Å²) in [7, 11) is 4.43. The highest BCUT2D eigenvalue weighted by Crippen LogP contribution is 2.42. The fourth-order valence-electron chi connectivity index (χ4n) is 3.19. The molecule has 2 rings (SSSR count). The molecule has 1 aromatic rings. The second kappa shape index (κ2) is 9.29. The number of rotatable bonds is 9. The number of hydrogen-bond donors (Lipinski definition) is 2. The number of aliphatic carboxylic acids is 1. The molecule has 28 heavy (non-hydrogen) atoms. The van der Waals surface area contributed by atoms with Crippen molar-refractivity contribution in [2.45, 2.75) is 32.2 Å². The first-order valence-corrected chi connectivity index (χ1v) is 8.99. The van der Waals surface area contributed by atoms with E-state index in [4.69, 9.17) is 14.2 Å². The number of carboxylic acids is 1. The minimum atomic E-state index is -1.08. The average Bonchev–Trinajstić information content (AvgIpc) is 3.07. The summed E-state index contributed by atoms with van der Waals surface area (Å²) < 4.78 is 15.9. The maximum Gasteiger partial charge on any atom is 0.326 e. The zero-order chi connectivity index (χ0) is 20.8. The highest BCUT2D eigenvalue weighted by Gasteiger charge is 2.37. The monoisotopic (exact) mass is 394 g/mol. The van der Waals surface area contributed by atoms with E-state index < -0.39 is 23.8 Å². The van der Waals surface area contributed by atoms with Crippen LogP contribution in [0.15, 0.2) is 12.1 Å². The number of carboxylic acid groups (broad SMARTS) is 1. The molecule has 1 fully saturated rings. The number of carbonyl (C=O) groups is 3. The molecule has 0 bridgehead atoms. The van der Waals surface area contributed by atoms with Gasteiger partial charge >= 0.3 is 5.97 Å². The van der Waals surface area contributed by atoms with Crippen LogP contribution in [-0.2, 0) is 14.4 Å². The summed E-state index contributed by atoms with van der Waals surface area (Å²) in [6.07, 6.45) is 0.956. The van der Waals surface area contributed by atoms with Crippen LogP contribution in [0, 0.1) is 5.92 Å². The van der Waals surface area contributed by atoms with Crippen LogP contribution < -0.4 is 24.4 Å². The average molecular weight is 394 g/mol. The molecule has 0 aliphatic carbocycles. The van der Waals surface area contributed by atoms with Crippen molar-refractivity contribution in [2.24, 2.45) is 5.92 Å². The van der Waals surface area contributed by atoms with E-state index in [1.807, 2.05) is 6.92 Å². The van der Waals surface area contributed by atoms with Gasteiger partial charge in [0.05, 0.1) is 32.9 Å². The van der Waals surface area contributed by atoms with Crippen molar-refractivity contribution < 1.29 is 33.7 Å². The summed E-state index contributed by atoms with van der Waals surface area (Å²) in [6.45, 7) is 1.98. The van der Waals surface area contributed by atoms with E-state index in [2.05, 4.69) is 5.32 Å². The number of hydrogen-bond acceptors (Lipinski definition) is 6. The molecule has 0 radical (unpaired) electrons. The van der Waals surface area contributed by atoms with E-state index >= 15 is 0 Å². The lowest BCUT2D eigenvalue weighted by molar-refractivity contribution is -0.142. The van der Waals surface area contributed by atoms with Gasteiger partial charge in [-0.1, -0.05) is 13.3 Å². The quantitative estimate of drug-likeness (QED) is 0.651. The molecule has 1 aliphatic heterocycles. The van der Waals surface area contributed by atoms with E-state index in [-0.39, 0.29) is 18.9 Å². The molecule has 2 amide bonds. The van der Waals surface area contributed by atoms with Crippen LogP contribution >= 0.6 is 0 Å². The molecule has 2 atom stereocenters. The normalized spacial score (nSPS) is 17.2. The molecule has 1 aromatic carbocycles. The molecule has 0 saturated carbocycles. The second-order valence-corrected chi connectivity index (χ2v) is 6.48. The van der Waals surface area contributed by atoms with Crippen LogP contribution in [0.1, 0.15) is 26.2 Å². The topological polar surface area (TPSA) is 114 Å². The number of nitrogens with one attached hydrogen (secondary N) is 1. The molecule has 2 N–H and O–H groups in total. The maximum atomic E-state index is 12.5. The van der Waals surface area contributed by atoms with E-state index in [0.29, 0.717) is 35.8 Å². The predicted molar refractivity (Wildman–Crippen MR) is 101 cm³/mol. The third kappa shape index (κ3) is 4.47. The summed E-state index contributed by atoms with van der Waals surface area (Å²) in [6, 6.07) is 2.32. The van der Waals surface area contributed by atoms with Gasteiger partial charge in [-0.3, -0.25) is 9.59 Å². The summed E-state index contributed by atoms with van der Waals surface area (Å²) in [5.41, 5.74) is 0.512. The lowest BCUT2D eigenvalue weighted by Crippen LogP contribution is -2.44. The Labute approximate surface area is 163 Å². The molecule has 1 heterocycles. The third-order valence-electron chi connectivity index (χ3n) is 4.65. The van der Waals surface area contributed by atoms with Gasteiger partial charge in [0, 0.05) is 25.1 Å². The van der Waals surface area contributed by atoms with E-state index in [9.17, 15) is 19.5 Å². The Kier molecular flexibility index (Phi) is 7.08. The Morgan fingerprint density at radius 1 is 1.21 bits per heavy atom. The summed E-state index contributed by atoms with van der Waals surface area (Å²) in [5.74, 6) is -1.20. The van der Waals surface area contributed by atoms with Crippen LogP contribution in [0.5, 0.6) is 17.2 Å². The molecule has 0 aromatic heterocycles. The van der Waals surface area contributed by atoms with Crippen LogP contribution in [-0.4, -0.2) is 56.8 Å². The number of methoxy groups -OCH3 is 3. The standard InChI is InChI=1S/C19H26N2O7/c1-5-6-13(19(24)25)20-18(23)11-7-16(22)21(10-11)12-8-14(26-2)17(28-4)15(9-12)27-3/h8-9,11,13H,5-7,10H2,1-4H3,(H,20,23)(H,24,25). The Hall–Kier alpha value is -2.97. The van der Waals surface area contributed by atoms with Crippen molar-refractivity contribution in [1.29, 1.82) is 0 Å². The maximum absolute atomic E-state index is 12.5. The molecular formula is C19H26N2O7. The molecule has 1 saturated heterocycles. The van der Waals surface area contributed by atoms with Crippen molar-refractivity contribution in [1.82, 2.24) is 5.32 Å². The van der Waals surface area contributed by atoms with E-state index in [0.717, 1.165) is 0 Å². The number of nitrogens with zero attached hydrogens (tertiary/aromatic N) is 1. The Balaban J connectivity index is 2.20. The molecule has 9 nitrogen and oxygen atoms in total. The lowest BCUT2D eigenvalue weighted by Gasteiger charge is -2.21. The van der Waals surface area contributed by atoms with E-state index in [1.54, 1.807) is 12.1 Å². The number of carbonyl (C=O) groups excluding carboxylic acids is 2. The van der Waals surface area contributed by atoms with Crippen molar-refractivity contribution in [3.8, 4) is 17.2 Å². The van der Waals surface area contributed by atoms with Gasteiger partial charge in [0.2, 0.25) is 17.6 Å². The number of amides is 2. The second-order valence-electron chi connectivity index (χ2n) is 6.48. The largest absolute Gasteiger partial charge is 0.493 e. The number of anilines is 1. The molecule has 9 heteroatoms. The van der Waals surface area contributed by atoms with Gasteiger partial charge in [-0.25, -0.2) is 4.79 Å². The fraction of sp³-hybridized carbons (Fsp3) is 0.526. The minimum Gasteiger partial charge on any atom is -0.493 e. The van der Waals surface area contributed by atoms with Gasteiger partial charge in [0.1, 0.15) is 6.04 Å². The molecular weight excluding hydrogens is 368 g/mol. The van der Waals surface area contributed by atoms with Gasteiger partial charge < -0.3 is 29.5 Å². The number of benzene rings is 1. The first-order valence-electron chi connectivity index (χ1n) is 8.99. The van der Waals surface area contributed by atoms with Gasteiger partial charge in [-0.2, -0.15) is 0 Å². The molecule has 1 aliphatic rings. The van der Waals surface area contributed by atoms with Gasteiger partial charge in [-0.15, -0.1) is 0 Å². The molecule has 0 spiro atoms. The van der Waals surface area contributed by atoms with Crippen molar-refractivity contribution in [3.05, 3.63) is 12.1 Å². The van der Waals surface area contributed by atoms with Gasteiger partial charge in [-0.05, 0) is 6.42 Å². The minimum absolute atomic E-state index is 0.000950. The number of ether oxygens (including phenoxy) is 3. The Morgan fingerprint density at radius 3 is 2.29 bits per heavy atom. The predicted octanol–water partition coefficient (Wildman–Crippen LogP) is 1.43. The zero-order valence-corrected chi connectivity index (χ0v) is 16.5. The van der Waals surface area contributed by atoms with Gasteiger partial charge in [0.25, 0.3) is 0 Å². The van der Waals surface area contributed by atoms with Crippen molar-refractivity contribution in [3.63, 3.8) is 0 Å². The molecule has 154 valence electrons. The van der Waals surface area contributed by atoms with E-state index in [1.165, 1.54) is 26.2 Å². The van der Waals surface area contributed by atoms with Crippen LogP contribution in [0.2, 0.25) is 0 Å². The Bertz CT molecular complexity index is 725. The SMILES string of the molecule is CCCC(NC(=O)C1CC(=O)N(c2cc(OC)c(OC)c(OC)c2)C1)C(=O)O. The highest BCUT2D eigenvalue weighted by molar-refractivity contribution is 6.01. The lowest BCUT2D eigenvalue weighted by atomic mass is 10.1. The van der Waals surface area contributed by atoms with Crippen molar-refractivity contribution >= 4 is 23.5 Å². The third-order valence-corrected chi connectivity index (χ3v) is 4.65. The smallest absolute Gasteiger partial charge is 0.326 e. The van der Waals surface area contributed by atoms with Crippen LogP contribution in [0.3, 0.4) is 0 Å². The van der Waals surface area contributed by atoms with Crippen LogP contribution in [0.25, 0.3) is 0 Å². The van der Waals surface area contributed by atoms with Gasteiger partial charge in [0.15, 0.2) is 11.5 Å². The van der Waals surface area contributed by atoms with Crippen LogP contribution in [0.4, 0.5) is 5.69 Å². The summed E-state index contributed by atoms with van der Waals surface area (Å²) in [4.78, 5) is 37.7.